The molecule has 0 bridgehead atoms. The van der Waals surface area contributed by atoms with Crippen molar-refractivity contribution < 1.29 is 34.1 Å². The summed E-state index contributed by atoms with van der Waals surface area (Å²) in [7, 11) is 1.75. The molecule has 384 valence electrons. The molecule has 15 nitrogen and oxygen atoms in total. The van der Waals surface area contributed by atoms with E-state index in [0.717, 1.165) is 50.4 Å². The zero-order chi connectivity index (χ0) is 52.2. The molecule has 73 heavy (non-hydrogen) atoms. The molecule has 0 aliphatic carbocycles. The Balaban J connectivity index is 0.843. The molecule has 6 aromatic rings. The number of ether oxygens (including phenoxy) is 1. The molecule has 4 atom stereocenters. The second kappa shape index (κ2) is 24.5. The van der Waals surface area contributed by atoms with Crippen molar-refractivity contribution in [2.24, 2.45) is 5.41 Å². The van der Waals surface area contributed by atoms with Gasteiger partial charge in [0.05, 0.1) is 40.5 Å². The van der Waals surface area contributed by atoms with E-state index in [9.17, 15) is 29.4 Å². The van der Waals surface area contributed by atoms with Crippen LogP contribution in [0.4, 0.5) is 0 Å². The maximum absolute atomic E-state index is 14.2. The topological polar surface area (TPSA) is 192 Å². The number of aromatic nitrogens is 4. The lowest BCUT2D eigenvalue weighted by atomic mass is 9.85. The molecule has 7 rings (SSSR count). The lowest BCUT2D eigenvalue weighted by Crippen LogP contribution is -2.57. The van der Waals surface area contributed by atoms with Gasteiger partial charge in [0.15, 0.2) is 0 Å². The van der Waals surface area contributed by atoms with Gasteiger partial charge in [0.1, 0.15) is 30.2 Å². The number of likely N-dealkylation sites (tertiary alicyclic amines) is 1. The highest BCUT2D eigenvalue weighted by Gasteiger charge is 2.44. The van der Waals surface area contributed by atoms with E-state index in [2.05, 4.69) is 45.0 Å². The van der Waals surface area contributed by atoms with Crippen LogP contribution in [0.15, 0.2) is 115 Å². The van der Waals surface area contributed by atoms with Crippen molar-refractivity contribution in [2.45, 2.75) is 111 Å². The van der Waals surface area contributed by atoms with Gasteiger partial charge in [-0.1, -0.05) is 112 Å². The predicted molar refractivity (Wildman–Crippen MR) is 284 cm³/mol. The average molecular weight is 1010 g/mol. The number of carbonyl (C=O) groups excluding carboxylic acids is 4. The number of likely N-dealkylation sites (N-methyl/N-ethyl adjacent to an activating group) is 1. The first kappa shape index (κ1) is 53.6. The number of phenolic OH excluding ortho intramolecular Hbond substituents is 1. The maximum Gasteiger partial charge on any atom is 0.246 e. The maximum atomic E-state index is 14.2. The molecule has 1 aliphatic heterocycles. The number of β-amino-alcohol motifs (C(OH)–C–C–N with tert-alkyl or cyclic N) is 1. The van der Waals surface area contributed by atoms with Crippen LogP contribution in [0.1, 0.15) is 106 Å². The number of hydrogen-bond donors (Lipinski definition) is 4. The Kier molecular flexibility index (Phi) is 18.0. The zero-order valence-electron chi connectivity index (χ0n) is 42.9. The van der Waals surface area contributed by atoms with Gasteiger partial charge in [-0.3, -0.25) is 23.9 Å². The van der Waals surface area contributed by atoms with Crippen molar-refractivity contribution in [3.63, 3.8) is 0 Å². The molecule has 4 N–H and O–H groups in total. The van der Waals surface area contributed by atoms with Gasteiger partial charge in [-0.2, -0.15) is 0 Å². The molecular weight excluding hydrogens is 941 g/mol. The van der Waals surface area contributed by atoms with Crippen LogP contribution < -0.4 is 15.4 Å². The number of allylic oxidation sites excluding steroid dienone is 1. The normalized spacial score (nSPS) is 15.8. The van der Waals surface area contributed by atoms with Gasteiger partial charge < -0.3 is 35.4 Å². The second-order valence-corrected chi connectivity index (χ2v) is 20.6. The Morgan fingerprint density at radius 1 is 0.904 bits per heavy atom. The zero-order valence-corrected chi connectivity index (χ0v) is 43.7. The Morgan fingerprint density at radius 2 is 1.59 bits per heavy atom. The van der Waals surface area contributed by atoms with Crippen LogP contribution in [0, 0.1) is 12.3 Å². The number of aryl methyl sites for hydroxylation is 3. The van der Waals surface area contributed by atoms with Crippen LogP contribution in [0.25, 0.3) is 21.6 Å². The first-order valence-corrected chi connectivity index (χ1v) is 25.9. The van der Waals surface area contributed by atoms with E-state index in [1.807, 2.05) is 119 Å². The summed E-state index contributed by atoms with van der Waals surface area (Å²) in [6.45, 7) is 12.6. The number of benzene rings is 4. The Labute approximate surface area is 432 Å². The third-order valence-corrected chi connectivity index (χ3v) is 14.2. The third kappa shape index (κ3) is 14.1. The van der Waals surface area contributed by atoms with E-state index < -0.39 is 29.5 Å². The van der Waals surface area contributed by atoms with E-state index in [-0.39, 0.29) is 55.3 Å². The molecule has 1 aliphatic rings. The molecule has 0 unspecified atom stereocenters. The van der Waals surface area contributed by atoms with Crippen LogP contribution in [0.3, 0.4) is 0 Å². The predicted octanol–water partition coefficient (Wildman–Crippen LogP) is 8.41. The highest BCUT2D eigenvalue weighted by Crippen LogP contribution is 2.36. The number of carbonyl (C=O) groups is 4. The summed E-state index contributed by atoms with van der Waals surface area (Å²) in [4.78, 5) is 62.8. The number of nitrogens with one attached hydrogen (secondary N) is 2. The molecule has 1 saturated heterocycles. The first-order valence-electron chi connectivity index (χ1n) is 25.0. The van der Waals surface area contributed by atoms with E-state index in [4.69, 9.17) is 4.74 Å². The van der Waals surface area contributed by atoms with Crippen LogP contribution in [-0.4, -0.2) is 109 Å². The number of nitrogens with zero attached hydrogens (tertiary/aromatic N) is 6. The Bertz CT molecular complexity index is 2840. The second-order valence-electron chi connectivity index (χ2n) is 19.8. The van der Waals surface area contributed by atoms with Crippen LogP contribution in [-0.2, 0) is 32.1 Å². The molecule has 4 aromatic carbocycles. The van der Waals surface area contributed by atoms with E-state index in [1.165, 1.54) is 10.5 Å². The molecule has 16 heteroatoms. The standard InChI is InChI=1S/C57H68N8O7S/c1-8-48(40-13-10-9-11-14-40)52(41-20-25-45(66)26-21-41)42-22-27-47(28-23-42)72-32-31-63(7)51(69)29-24-44-34-64(62-61-44)30-12-15-50(68)60-54(57(4,5)6)56(71)65-35-46(67)33-49(65)55(70)59-37(2)39-16-18-43(19-17-39)53-38(3)58-36-73-53/h9-11,13-14,16-23,25-28,34,36-37,46,49,54,66-67H,8,12,15,24,29-33,35H2,1-7H3,(H,59,70)(H,60,68)/b52-48-/t37-,46+,49-,54+/m0/s1. The minimum Gasteiger partial charge on any atom is -0.508 e. The Hall–Kier alpha value is -7.17. The van der Waals surface area contributed by atoms with Gasteiger partial charge in [0, 0.05) is 52.0 Å². The minimum atomic E-state index is -0.943. The fourth-order valence-electron chi connectivity index (χ4n) is 9.09. The fraction of sp³-hybridized carbons (Fsp3) is 0.386. The Morgan fingerprint density at radius 3 is 2.23 bits per heavy atom. The van der Waals surface area contributed by atoms with Crippen molar-refractivity contribution in [3.8, 4) is 21.9 Å². The van der Waals surface area contributed by atoms with Gasteiger partial charge in [0.25, 0.3) is 0 Å². The molecule has 3 heterocycles. The molecule has 0 saturated carbocycles. The van der Waals surface area contributed by atoms with Gasteiger partial charge in [-0.15, -0.1) is 16.4 Å². The van der Waals surface area contributed by atoms with Gasteiger partial charge in [-0.25, -0.2) is 4.98 Å². The number of aromatic hydroxyl groups is 1. The average Bonchev–Trinajstić information content (AvgIpc) is 4.14. The molecule has 0 radical (unpaired) electrons. The van der Waals surface area contributed by atoms with Gasteiger partial charge >= 0.3 is 0 Å². The summed E-state index contributed by atoms with van der Waals surface area (Å²) in [5.41, 5.74) is 10.1. The van der Waals surface area contributed by atoms with Gasteiger partial charge in [-0.05, 0) is 95.3 Å². The van der Waals surface area contributed by atoms with Crippen LogP contribution in [0.5, 0.6) is 11.5 Å². The molecular formula is C57H68N8O7S. The number of rotatable bonds is 21. The number of hydrogen-bond acceptors (Lipinski definition) is 11. The first-order chi connectivity index (χ1) is 35.0. The number of aliphatic hydroxyl groups is 1. The highest BCUT2D eigenvalue weighted by atomic mass is 32.1. The molecule has 0 spiro atoms. The third-order valence-electron chi connectivity index (χ3n) is 13.2. The minimum absolute atomic E-state index is 0.0169. The quantitative estimate of drug-likeness (QED) is 0.0509. The SMILES string of the molecule is CC/C(=C(\c1ccc(O)cc1)c1ccc(OCCN(C)C(=O)CCc2cn(CCCC(=O)N[C@H](C(=O)N3C[C@H](O)C[C@H]3C(=O)N[C@@H](C)c3ccc(-c4scnc4C)cc3)C(C)(C)C)nn2)cc1)c1ccccc1. The van der Waals surface area contributed by atoms with Crippen molar-refractivity contribution >= 4 is 46.1 Å². The van der Waals surface area contributed by atoms with Gasteiger partial charge in [0.2, 0.25) is 23.6 Å². The highest BCUT2D eigenvalue weighted by molar-refractivity contribution is 7.13. The van der Waals surface area contributed by atoms with E-state index in [0.29, 0.717) is 44.0 Å². The summed E-state index contributed by atoms with van der Waals surface area (Å²) in [6.07, 6.45) is 2.96. The van der Waals surface area contributed by atoms with Crippen molar-refractivity contribution in [2.75, 3.05) is 26.7 Å². The summed E-state index contributed by atoms with van der Waals surface area (Å²) in [5.74, 6) is -0.270. The van der Waals surface area contributed by atoms with Crippen molar-refractivity contribution in [3.05, 3.63) is 148 Å². The van der Waals surface area contributed by atoms with Crippen LogP contribution in [0.2, 0.25) is 0 Å². The van der Waals surface area contributed by atoms with E-state index in [1.54, 1.807) is 46.3 Å². The number of thiazole rings is 1. The number of phenols is 1. The molecule has 2 aromatic heterocycles. The van der Waals surface area contributed by atoms with E-state index >= 15 is 0 Å². The monoisotopic (exact) mass is 1010 g/mol. The summed E-state index contributed by atoms with van der Waals surface area (Å²) >= 11 is 1.57. The smallest absolute Gasteiger partial charge is 0.246 e. The number of amides is 4. The van der Waals surface area contributed by atoms with Crippen molar-refractivity contribution in [1.29, 1.82) is 0 Å². The van der Waals surface area contributed by atoms with Crippen molar-refractivity contribution in [1.82, 2.24) is 40.4 Å². The summed E-state index contributed by atoms with van der Waals surface area (Å²) in [6, 6.07) is 31.2. The largest absolute Gasteiger partial charge is 0.508 e. The number of aliphatic hydroxyl groups excluding tert-OH is 1. The molecule has 4 amide bonds. The fourth-order valence-corrected chi connectivity index (χ4v) is 9.90. The van der Waals surface area contributed by atoms with Crippen LogP contribution >= 0.6 is 11.3 Å². The lowest BCUT2D eigenvalue weighted by Gasteiger charge is -2.35. The summed E-state index contributed by atoms with van der Waals surface area (Å²) < 4.78 is 7.70. The molecule has 1 fully saturated rings. The summed E-state index contributed by atoms with van der Waals surface area (Å²) in [5, 5.41) is 35.1. The lowest BCUT2D eigenvalue weighted by molar-refractivity contribution is -0.144.